The summed E-state index contributed by atoms with van der Waals surface area (Å²) in [6.45, 7) is 5.15. The zero-order valence-corrected chi connectivity index (χ0v) is 11.1. The van der Waals surface area contributed by atoms with E-state index in [1.165, 1.54) is 31.4 Å². The van der Waals surface area contributed by atoms with Crippen LogP contribution in [-0.4, -0.2) is 46.3 Å². The average molecular weight is 257 g/mol. The summed E-state index contributed by atoms with van der Waals surface area (Å²) in [6.07, 6.45) is 4.62. The molecule has 4 rings (SSSR count). The molecule has 2 aliphatic heterocycles. The van der Waals surface area contributed by atoms with Gasteiger partial charge >= 0.3 is 0 Å². The summed E-state index contributed by atoms with van der Waals surface area (Å²) in [5.74, 6) is 0. The Bertz CT molecular complexity index is 582. The first-order valence-electron chi connectivity index (χ1n) is 7.10. The molecule has 3 heterocycles. The number of benzene rings is 1. The molecular formula is C15H19N3O. The van der Waals surface area contributed by atoms with Crippen molar-refractivity contribution >= 4 is 11.0 Å². The first kappa shape index (κ1) is 11.4. The molecule has 0 saturated carbocycles. The Hall–Kier alpha value is -1.39. The molecule has 0 atom stereocenters. The van der Waals surface area contributed by atoms with Gasteiger partial charge in [0.1, 0.15) is 0 Å². The molecule has 0 unspecified atom stereocenters. The predicted octanol–water partition coefficient (Wildman–Crippen LogP) is 1.90. The molecule has 0 amide bonds. The molecule has 2 aromatic rings. The van der Waals surface area contributed by atoms with Crippen molar-refractivity contribution in [2.24, 2.45) is 0 Å². The topological polar surface area (TPSA) is 30.3 Å². The Morgan fingerprint density at radius 2 is 1.95 bits per heavy atom. The number of para-hydroxylation sites is 2. The van der Waals surface area contributed by atoms with Crippen LogP contribution in [0.2, 0.25) is 0 Å². The van der Waals surface area contributed by atoms with Crippen molar-refractivity contribution in [2.75, 3.05) is 26.3 Å². The third-order valence-corrected chi connectivity index (χ3v) is 4.51. The minimum absolute atomic E-state index is 0.208. The van der Waals surface area contributed by atoms with E-state index in [4.69, 9.17) is 4.74 Å². The minimum atomic E-state index is 0.208. The lowest BCUT2D eigenvalue weighted by Crippen LogP contribution is -2.63. The molecule has 1 aromatic carbocycles. The van der Waals surface area contributed by atoms with E-state index in [-0.39, 0.29) is 5.54 Å². The number of nitrogens with zero attached hydrogens (tertiary/aromatic N) is 3. The van der Waals surface area contributed by atoms with Gasteiger partial charge in [-0.25, -0.2) is 4.98 Å². The van der Waals surface area contributed by atoms with E-state index in [9.17, 15) is 0 Å². The minimum Gasteiger partial charge on any atom is -0.377 e. The summed E-state index contributed by atoms with van der Waals surface area (Å²) in [6, 6.07) is 8.36. The van der Waals surface area contributed by atoms with Crippen molar-refractivity contribution in [3.8, 4) is 0 Å². The van der Waals surface area contributed by atoms with Crippen molar-refractivity contribution in [3.05, 3.63) is 30.6 Å². The van der Waals surface area contributed by atoms with Crippen molar-refractivity contribution < 1.29 is 4.74 Å². The Morgan fingerprint density at radius 3 is 2.68 bits per heavy atom. The van der Waals surface area contributed by atoms with E-state index in [1.807, 2.05) is 12.4 Å². The maximum absolute atomic E-state index is 5.54. The second-order valence-corrected chi connectivity index (χ2v) is 5.77. The first-order valence-corrected chi connectivity index (χ1v) is 7.10. The number of imidazole rings is 1. The maximum atomic E-state index is 5.54. The van der Waals surface area contributed by atoms with Crippen molar-refractivity contribution in [1.29, 1.82) is 0 Å². The Balaban J connectivity index is 1.65. The van der Waals surface area contributed by atoms with Gasteiger partial charge in [-0.2, -0.15) is 0 Å². The van der Waals surface area contributed by atoms with E-state index in [1.54, 1.807) is 0 Å². The fourth-order valence-electron chi connectivity index (χ4n) is 3.36. The van der Waals surface area contributed by atoms with Gasteiger partial charge < -0.3 is 9.30 Å². The van der Waals surface area contributed by atoms with Crippen LogP contribution in [0.15, 0.2) is 30.6 Å². The summed E-state index contributed by atoms with van der Waals surface area (Å²) in [4.78, 5) is 7.11. The van der Waals surface area contributed by atoms with Crippen LogP contribution >= 0.6 is 0 Å². The van der Waals surface area contributed by atoms with Gasteiger partial charge in [0.25, 0.3) is 0 Å². The molecule has 1 aromatic heterocycles. The third-order valence-electron chi connectivity index (χ3n) is 4.51. The number of rotatable bonds is 3. The highest BCUT2D eigenvalue weighted by atomic mass is 16.5. The van der Waals surface area contributed by atoms with E-state index < -0.39 is 0 Å². The van der Waals surface area contributed by atoms with Crippen LogP contribution < -0.4 is 0 Å². The lowest BCUT2D eigenvalue weighted by molar-refractivity contribution is -0.141. The molecule has 2 aliphatic rings. The lowest BCUT2D eigenvalue weighted by Gasteiger charge is -2.48. The van der Waals surface area contributed by atoms with E-state index in [0.717, 1.165) is 25.3 Å². The number of aromatic nitrogens is 2. The van der Waals surface area contributed by atoms with Gasteiger partial charge in [-0.1, -0.05) is 12.1 Å². The van der Waals surface area contributed by atoms with Crippen LogP contribution in [0.3, 0.4) is 0 Å². The van der Waals surface area contributed by atoms with Gasteiger partial charge in [0.2, 0.25) is 0 Å². The molecule has 19 heavy (non-hydrogen) atoms. The zero-order valence-electron chi connectivity index (χ0n) is 11.1. The monoisotopic (exact) mass is 257 g/mol. The van der Waals surface area contributed by atoms with Crippen molar-refractivity contribution in [2.45, 2.75) is 24.9 Å². The highest BCUT2D eigenvalue weighted by Gasteiger charge is 2.45. The van der Waals surface area contributed by atoms with Crippen LogP contribution in [0.5, 0.6) is 0 Å². The second-order valence-electron chi connectivity index (χ2n) is 5.77. The van der Waals surface area contributed by atoms with Crippen molar-refractivity contribution in [3.63, 3.8) is 0 Å². The van der Waals surface area contributed by atoms with E-state index in [0.29, 0.717) is 0 Å². The highest BCUT2D eigenvalue weighted by Crippen LogP contribution is 2.31. The zero-order chi connectivity index (χ0) is 12.7. The Labute approximate surface area is 113 Å². The largest absolute Gasteiger partial charge is 0.377 e. The molecule has 0 N–H and O–H groups in total. The summed E-state index contributed by atoms with van der Waals surface area (Å²) in [5, 5.41) is 0. The molecule has 2 fully saturated rings. The quantitative estimate of drug-likeness (QED) is 0.841. The van der Waals surface area contributed by atoms with Gasteiger partial charge in [0, 0.05) is 6.54 Å². The first-order chi connectivity index (χ1) is 9.37. The number of ether oxygens (including phenoxy) is 1. The lowest BCUT2D eigenvalue weighted by atomic mass is 9.95. The van der Waals surface area contributed by atoms with Crippen LogP contribution in [0.25, 0.3) is 11.0 Å². The molecular weight excluding hydrogens is 238 g/mol. The van der Waals surface area contributed by atoms with E-state index in [2.05, 4.69) is 32.7 Å². The Morgan fingerprint density at radius 1 is 1.16 bits per heavy atom. The number of hydrogen-bond donors (Lipinski definition) is 0. The molecule has 100 valence electrons. The number of fused-ring (bicyclic) bond motifs is 1. The molecule has 2 saturated heterocycles. The summed E-state index contributed by atoms with van der Waals surface area (Å²) < 4.78 is 7.82. The average Bonchev–Trinajstić information content (AvgIpc) is 3.04. The van der Waals surface area contributed by atoms with Gasteiger partial charge in [0.15, 0.2) is 0 Å². The summed E-state index contributed by atoms with van der Waals surface area (Å²) in [7, 11) is 0. The van der Waals surface area contributed by atoms with Gasteiger partial charge in [0.05, 0.1) is 36.1 Å². The highest BCUT2D eigenvalue weighted by molar-refractivity contribution is 5.74. The Kier molecular flexibility index (Phi) is 2.60. The number of likely N-dealkylation sites (tertiary alicyclic amines) is 1. The molecule has 4 nitrogen and oxygen atoms in total. The third kappa shape index (κ3) is 1.78. The van der Waals surface area contributed by atoms with Crippen LogP contribution in [0, 0.1) is 0 Å². The van der Waals surface area contributed by atoms with Crippen LogP contribution in [-0.2, 0) is 11.3 Å². The van der Waals surface area contributed by atoms with Gasteiger partial charge in [-0.3, -0.25) is 4.90 Å². The summed E-state index contributed by atoms with van der Waals surface area (Å²) >= 11 is 0. The maximum Gasteiger partial charge on any atom is 0.0958 e. The molecule has 0 aliphatic carbocycles. The smallest absolute Gasteiger partial charge is 0.0958 e. The molecule has 0 spiro atoms. The SMILES string of the molecule is c1ccc2c(c1)ncn2CC1(N2CCCC2)COC1. The van der Waals surface area contributed by atoms with Gasteiger partial charge in [-0.05, 0) is 38.1 Å². The fourth-order valence-corrected chi connectivity index (χ4v) is 3.36. The van der Waals surface area contributed by atoms with Gasteiger partial charge in [-0.15, -0.1) is 0 Å². The molecule has 0 bridgehead atoms. The normalized spacial score (nSPS) is 22.7. The van der Waals surface area contributed by atoms with Crippen LogP contribution in [0.1, 0.15) is 12.8 Å². The van der Waals surface area contributed by atoms with Crippen molar-refractivity contribution in [1.82, 2.24) is 14.5 Å². The van der Waals surface area contributed by atoms with E-state index >= 15 is 0 Å². The summed E-state index contributed by atoms with van der Waals surface area (Å²) in [5.41, 5.74) is 2.52. The second kappa shape index (κ2) is 4.32. The number of hydrogen-bond acceptors (Lipinski definition) is 3. The predicted molar refractivity (Wildman–Crippen MR) is 74.1 cm³/mol. The fraction of sp³-hybridized carbons (Fsp3) is 0.533. The van der Waals surface area contributed by atoms with Crippen LogP contribution in [0.4, 0.5) is 0 Å². The standard InChI is InChI=1S/C15H19N3O/c1-2-6-14-13(5-1)16-12-17(14)9-15(10-19-11-15)18-7-3-4-8-18/h1-2,5-6,12H,3-4,7-11H2. The molecule has 4 heteroatoms. The molecule has 0 radical (unpaired) electrons.